The lowest BCUT2D eigenvalue weighted by Crippen LogP contribution is -2.33. The fourth-order valence-corrected chi connectivity index (χ4v) is 0.655. The molecule has 0 bridgehead atoms. The van der Waals surface area contributed by atoms with Crippen LogP contribution in [-0.2, 0) is 9.53 Å². The van der Waals surface area contributed by atoms with Gasteiger partial charge in [0, 0.05) is 13.0 Å². The van der Waals surface area contributed by atoms with Crippen LogP contribution < -0.4 is 5.32 Å². The molecule has 0 fully saturated rings. The zero-order chi connectivity index (χ0) is 16.1. The summed E-state index contributed by atoms with van der Waals surface area (Å²) < 4.78 is 4.96. The Kier molecular flexibility index (Phi) is 16.2. The molecule has 1 N–H and O–H groups in total. The molecule has 0 aliphatic rings. The predicted octanol–water partition coefficient (Wildman–Crippen LogP) is 4.18. The minimum Gasteiger partial charge on any atom is -0.444 e. The van der Waals surface area contributed by atoms with Gasteiger partial charge in [0.25, 0.3) is 0 Å². The van der Waals surface area contributed by atoms with E-state index in [1.54, 1.807) is 20.8 Å². The Balaban J connectivity index is -0.000000361. The van der Waals surface area contributed by atoms with Crippen molar-refractivity contribution < 1.29 is 14.3 Å². The van der Waals surface area contributed by atoms with Gasteiger partial charge in [-0.05, 0) is 33.6 Å². The number of ether oxygens (including phenoxy) is 1. The zero-order valence-corrected chi connectivity index (χ0v) is 14.2. The fourth-order valence-electron chi connectivity index (χ4n) is 0.655. The molecule has 0 unspecified atom stereocenters. The number of Topliss-reactive ketones (excluding diaryl/α,β-unsaturated/α-hetero) is 1. The lowest BCUT2D eigenvalue weighted by molar-refractivity contribution is -0.116. The molecule has 0 rings (SSSR count). The lowest BCUT2D eigenvalue weighted by Gasteiger charge is -2.19. The molecule has 116 valence electrons. The molecule has 0 atom stereocenters. The Hall–Kier alpha value is -1.06. The number of carbonyl (C=O) groups excluding carboxylic acids is 2. The minimum absolute atomic E-state index is 0.0519. The van der Waals surface area contributed by atoms with E-state index in [-0.39, 0.29) is 5.78 Å². The highest BCUT2D eigenvalue weighted by atomic mass is 16.6. The van der Waals surface area contributed by atoms with E-state index in [9.17, 15) is 9.59 Å². The standard InChI is InChI=1S/C9H17NO3.C4H10.C2H6/c1-7(11)5-6-10-8(12)13-9(2,3)4;1-4(2)3;1-2/h5-6H2,1-4H3,(H,10,12);4H,1-3H3;1-2H3. The molecule has 0 aliphatic heterocycles. The number of rotatable bonds is 3. The first-order valence-electron chi connectivity index (χ1n) is 7.01. The highest BCUT2D eigenvalue weighted by Gasteiger charge is 2.15. The monoisotopic (exact) mass is 275 g/mol. The van der Waals surface area contributed by atoms with Crippen molar-refractivity contribution in [3.63, 3.8) is 0 Å². The van der Waals surface area contributed by atoms with Crippen LogP contribution in [0.4, 0.5) is 4.79 Å². The molecular weight excluding hydrogens is 242 g/mol. The molecule has 1 amide bonds. The average molecular weight is 275 g/mol. The van der Waals surface area contributed by atoms with Crippen LogP contribution in [0.3, 0.4) is 0 Å². The predicted molar refractivity (Wildman–Crippen MR) is 81.4 cm³/mol. The van der Waals surface area contributed by atoms with Gasteiger partial charge < -0.3 is 10.1 Å². The van der Waals surface area contributed by atoms with Gasteiger partial charge in [0.15, 0.2) is 0 Å². The second kappa shape index (κ2) is 13.4. The van der Waals surface area contributed by atoms with E-state index in [4.69, 9.17) is 4.74 Å². The molecule has 0 spiro atoms. The van der Waals surface area contributed by atoms with E-state index in [1.165, 1.54) is 6.92 Å². The Bertz CT molecular complexity index is 227. The second-order valence-electron chi connectivity index (χ2n) is 5.61. The molecule has 19 heavy (non-hydrogen) atoms. The van der Waals surface area contributed by atoms with Gasteiger partial charge in [-0.3, -0.25) is 4.79 Å². The Labute approximate surface area is 119 Å². The first kappa shape index (κ1) is 23.1. The van der Waals surface area contributed by atoms with E-state index in [0.717, 1.165) is 5.92 Å². The normalized spacial score (nSPS) is 9.58. The summed E-state index contributed by atoms with van der Waals surface area (Å²) in [7, 11) is 0. The van der Waals surface area contributed by atoms with E-state index in [1.807, 2.05) is 13.8 Å². The summed E-state index contributed by atoms with van der Waals surface area (Å²) >= 11 is 0. The molecule has 0 aromatic heterocycles. The van der Waals surface area contributed by atoms with Crippen molar-refractivity contribution in [2.24, 2.45) is 5.92 Å². The lowest BCUT2D eigenvalue weighted by atomic mass is 10.2. The Morgan fingerprint density at radius 3 is 1.74 bits per heavy atom. The van der Waals surface area contributed by atoms with Crippen molar-refractivity contribution in [1.29, 1.82) is 0 Å². The van der Waals surface area contributed by atoms with Gasteiger partial charge in [0.1, 0.15) is 11.4 Å². The maximum Gasteiger partial charge on any atom is 0.407 e. The van der Waals surface area contributed by atoms with Crippen molar-refractivity contribution >= 4 is 11.9 Å². The summed E-state index contributed by atoms with van der Waals surface area (Å²) in [6.07, 6.45) is -0.132. The van der Waals surface area contributed by atoms with Gasteiger partial charge >= 0.3 is 6.09 Å². The molecule has 0 radical (unpaired) electrons. The number of hydrogen-bond donors (Lipinski definition) is 1. The van der Waals surface area contributed by atoms with E-state index in [2.05, 4.69) is 26.1 Å². The highest BCUT2D eigenvalue weighted by molar-refractivity contribution is 5.76. The van der Waals surface area contributed by atoms with Crippen molar-refractivity contribution in [3.8, 4) is 0 Å². The number of ketones is 1. The first-order valence-corrected chi connectivity index (χ1v) is 7.01. The van der Waals surface area contributed by atoms with Gasteiger partial charge in [-0.15, -0.1) is 0 Å². The van der Waals surface area contributed by atoms with Crippen molar-refractivity contribution in [2.75, 3.05) is 6.54 Å². The summed E-state index contributed by atoms with van der Waals surface area (Å²) in [4.78, 5) is 21.5. The quantitative estimate of drug-likeness (QED) is 0.840. The van der Waals surface area contributed by atoms with Crippen LogP contribution in [0.25, 0.3) is 0 Å². The van der Waals surface area contributed by atoms with Gasteiger partial charge in [0.05, 0.1) is 0 Å². The fraction of sp³-hybridized carbons (Fsp3) is 0.867. The maximum absolute atomic E-state index is 11.0. The summed E-state index contributed by atoms with van der Waals surface area (Å²) in [5, 5.41) is 2.49. The summed E-state index contributed by atoms with van der Waals surface area (Å²) in [6.45, 7) is 17.7. The molecule has 0 saturated carbocycles. The highest BCUT2D eigenvalue weighted by Crippen LogP contribution is 2.06. The summed E-state index contributed by atoms with van der Waals surface area (Å²) in [5.41, 5.74) is -0.486. The van der Waals surface area contributed by atoms with Crippen LogP contribution >= 0.6 is 0 Å². The molecule has 0 aliphatic carbocycles. The van der Waals surface area contributed by atoms with Gasteiger partial charge in [0.2, 0.25) is 0 Å². The van der Waals surface area contributed by atoms with Crippen LogP contribution in [0, 0.1) is 5.92 Å². The number of alkyl carbamates (subject to hydrolysis) is 1. The smallest absolute Gasteiger partial charge is 0.407 e. The van der Waals surface area contributed by atoms with Gasteiger partial charge in [-0.1, -0.05) is 34.6 Å². The maximum atomic E-state index is 11.0. The first-order chi connectivity index (χ1) is 8.54. The minimum atomic E-state index is -0.486. The van der Waals surface area contributed by atoms with Crippen LogP contribution in [0.5, 0.6) is 0 Å². The number of carbonyl (C=O) groups is 2. The molecular formula is C15H33NO3. The van der Waals surface area contributed by atoms with Crippen LogP contribution in [0.1, 0.15) is 68.7 Å². The van der Waals surface area contributed by atoms with E-state index < -0.39 is 11.7 Å². The average Bonchev–Trinajstić information content (AvgIpc) is 2.16. The van der Waals surface area contributed by atoms with Crippen molar-refractivity contribution in [2.45, 2.75) is 74.3 Å². The van der Waals surface area contributed by atoms with E-state index in [0.29, 0.717) is 13.0 Å². The topological polar surface area (TPSA) is 55.4 Å². The second-order valence-corrected chi connectivity index (χ2v) is 5.61. The van der Waals surface area contributed by atoms with E-state index >= 15 is 0 Å². The molecule has 0 aromatic carbocycles. The third-order valence-electron chi connectivity index (χ3n) is 1.15. The van der Waals surface area contributed by atoms with Crippen LogP contribution in [0.2, 0.25) is 0 Å². The molecule has 0 aromatic rings. The van der Waals surface area contributed by atoms with Crippen LogP contribution in [-0.4, -0.2) is 24.0 Å². The summed E-state index contributed by atoms with van der Waals surface area (Å²) in [6, 6.07) is 0. The summed E-state index contributed by atoms with van der Waals surface area (Å²) in [5.74, 6) is 0.885. The molecule has 0 heterocycles. The largest absolute Gasteiger partial charge is 0.444 e. The SMILES string of the molecule is CC.CC(=O)CCNC(=O)OC(C)(C)C.CC(C)C. The third-order valence-corrected chi connectivity index (χ3v) is 1.15. The number of hydrogen-bond acceptors (Lipinski definition) is 3. The number of amides is 1. The number of nitrogens with one attached hydrogen (secondary N) is 1. The molecule has 4 heteroatoms. The zero-order valence-electron chi connectivity index (χ0n) is 14.2. The van der Waals surface area contributed by atoms with Crippen molar-refractivity contribution in [3.05, 3.63) is 0 Å². The Morgan fingerprint density at radius 2 is 1.47 bits per heavy atom. The third kappa shape index (κ3) is 38.3. The van der Waals surface area contributed by atoms with Gasteiger partial charge in [-0.2, -0.15) is 0 Å². The Morgan fingerprint density at radius 1 is 1.11 bits per heavy atom. The molecule has 0 saturated heterocycles. The van der Waals surface area contributed by atoms with Crippen molar-refractivity contribution in [1.82, 2.24) is 5.32 Å². The van der Waals surface area contributed by atoms with Gasteiger partial charge in [-0.25, -0.2) is 4.79 Å². The van der Waals surface area contributed by atoms with Crippen LogP contribution in [0.15, 0.2) is 0 Å². The molecule has 4 nitrogen and oxygen atoms in total.